The number of aromatic nitrogens is 1. The van der Waals surface area contributed by atoms with E-state index in [-0.39, 0.29) is 5.54 Å². The first-order chi connectivity index (χ1) is 9.65. The molecule has 1 saturated heterocycles. The lowest BCUT2D eigenvalue weighted by Gasteiger charge is -2.40. The largest absolute Gasteiger partial charge is 0.355 e. The first-order valence-corrected chi connectivity index (χ1v) is 7.52. The highest BCUT2D eigenvalue weighted by atomic mass is 15.2. The Morgan fingerprint density at radius 2 is 2.10 bits per heavy atom. The summed E-state index contributed by atoms with van der Waals surface area (Å²) in [6, 6.07) is 4.40. The number of pyridine rings is 1. The summed E-state index contributed by atoms with van der Waals surface area (Å²) in [5, 5.41) is 12.8. The third-order valence-corrected chi connectivity index (χ3v) is 4.92. The molecule has 106 valence electrons. The van der Waals surface area contributed by atoms with Gasteiger partial charge in [-0.3, -0.25) is 0 Å². The van der Waals surface area contributed by atoms with Crippen LogP contribution in [0.2, 0.25) is 0 Å². The van der Waals surface area contributed by atoms with Crippen LogP contribution in [0.1, 0.15) is 43.0 Å². The fraction of sp³-hybridized carbons (Fsp3) is 0.625. The second-order valence-electron chi connectivity index (χ2n) is 6.23. The predicted octanol–water partition coefficient (Wildman–Crippen LogP) is 2.02. The van der Waals surface area contributed by atoms with E-state index in [1.54, 1.807) is 0 Å². The molecular formula is C16H22N4. The highest BCUT2D eigenvalue weighted by molar-refractivity contribution is 5.57. The molecule has 2 heterocycles. The summed E-state index contributed by atoms with van der Waals surface area (Å²) in [4.78, 5) is 7.09. The van der Waals surface area contributed by atoms with Crippen molar-refractivity contribution in [1.29, 1.82) is 5.26 Å². The minimum Gasteiger partial charge on any atom is -0.355 e. The number of nitrogens with one attached hydrogen (secondary N) is 1. The quantitative estimate of drug-likeness (QED) is 0.893. The van der Waals surface area contributed by atoms with Gasteiger partial charge in [0.1, 0.15) is 11.9 Å². The molecule has 2 aliphatic rings. The molecule has 20 heavy (non-hydrogen) atoms. The topological polar surface area (TPSA) is 52.0 Å². The zero-order chi connectivity index (χ0) is 14.2. The molecule has 0 saturated carbocycles. The second kappa shape index (κ2) is 5.06. The van der Waals surface area contributed by atoms with Gasteiger partial charge in [-0.15, -0.1) is 0 Å². The van der Waals surface area contributed by atoms with Gasteiger partial charge in [0.25, 0.3) is 0 Å². The predicted molar refractivity (Wildman–Crippen MR) is 79.9 cm³/mol. The molecule has 1 N–H and O–H groups in total. The van der Waals surface area contributed by atoms with Gasteiger partial charge in [0.05, 0.1) is 5.56 Å². The average Bonchev–Trinajstić information content (AvgIpc) is 2.94. The van der Waals surface area contributed by atoms with Crippen molar-refractivity contribution in [1.82, 2.24) is 10.3 Å². The summed E-state index contributed by atoms with van der Waals surface area (Å²) in [7, 11) is 2.03. The highest BCUT2D eigenvalue weighted by Gasteiger charge is 2.30. The Balaban J connectivity index is 1.86. The van der Waals surface area contributed by atoms with Gasteiger partial charge in [-0.05, 0) is 57.7 Å². The number of piperidine rings is 1. The summed E-state index contributed by atoms with van der Waals surface area (Å²) < 4.78 is 0. The van der Waals surface area contributed by atoms with Gasteiger partial charge < -0.3 is 10.2 Å². The van der Waals surface area contributed by atoms with Crippen LogP contribution in [0.15, 0.2) is 6.07 Å². The number of hydrogen-bond donors (Lipinski definition) is 1. The van der Waals surface area contributed by atoms with Crippen LogP contribution in [-0.2, 0) is 12.8 Å². The molecule has 1 aliphatic carbocycles. The number of nitrogens with zero attached hydrogens (tertiary/aromatic N) is 3. The number of aryl methyl sites for hydroxylation is 2. The SMILES string of the molecule is CNC1(C)CCN(c2nc3c(cc2C#N)CCC3)CC1. The second-order valence-corrected chi connectivity index (χ2v) is 6.23. The number of hydrogen-bond acceptors (Lipinski definition) is 4. The molecule has 1 fully saturated rings. The summed E-state index contributed by atoms with van der Waals surface area (Å²) >= 11 is 0. The Kier molecular flexibility index (Phi) is 3.39. The molecule has 4 heteroatoms. The van der Waals surface area contributed by atoms with Crippen LogP contribution < -0.4 is 10.2 Å². The summed E-state index contributed by atoms with van der Waals surface area (Å²) in [6.45, 7) is 4.21. The van der Waals surface area contributed by atoms with E-state index in [0.717, 1.165) is 50.2 Å². The van der Waals surface area contributed by atoms with E-state index >= 15 is 0 Å². The minimum absolute atomic E-state index is 0.222. The van der Waals surface area contributed by atoms with Crippen LogP contribution >= 0.6 is 0 Å². The van der Waals surface area contributed by atoms with Gasteiger partial charge in [-0.2, -0.15) is 5.26 Å². The average molecular weight is 270 g/mol. The third kappa shape index (κ3) is 2.27. The van der Waals surface area contributed by atoms with Crippen molar-refractivity contribution in [3.05, 3.63) is 22.9 Å². The van der Waals surface area contributed by atoms with Gasteiger partial charge in [0, 0.05) is 24.3 Å². The fourth-order valence-electron chi connectivity index (χ4n) is 3.25. The van der Waals surface area contributed by atoms with Crippen molar-refractivity contribution in [2.45, 2.75) is 44.6 Å². The normalized spacial score (nSPS) is 20.6. The monoisotopic (exact) mass is 270 g/mol. The fourth-order valence-corrected chi connectivity index (χ4v) is 3.25. The van der Waals surface area contributed by atoms with Crippen LogP contribution in [0.4, 0.5) is 5.82 Å². The molecule has 3 rings (SSSR count). The van der Waals surface area contributed by atoms with E-state index in [4.69, 9.17) is 4.98 Å². The van der Waals surface area contributed by atoms with E-state index < -0.39 is 0 Å². The Bertz CT molecular complexity index is 550. The van der Waals surface area contributed by atoms with Gasteiger partial charge in [-0.1, -0.05) is 0 Å². The van der Waals surface area contributed by atoms with E-state index in [1.165, 1.54) is 17.7 Å². The highest BCUT2D eigenvalue weighted by Crippen LogP contribution is 2.30. The Labute approximate surface area is 120 Å². The van der Waals surface area contributed by atoms with Crippen molar-refractivity contribution in [3.63, 3.8) is 0 Å². The molecule has 0 spiro atoms. The first-order valence-electron chi connectivity index (χ1n) is 7.52. The molecule has 0 radical (unpaired) electrons. The van der Waals surface area contributed by atoms with Crippen LogP contribution in [-0.4, -0.2) is 30.7 Å². The van der Waals surface area contributed by atoms with Gasteiger partial charge in [0.2, 0.25) is 0 Å². The zero-order valence-electron chi connectivity index (χ0n) is 12.4. The van der Waals surface area contributed by atoms with Crippen LogP contribution in [0.5, 0.6) is 0 Å². The molecule has 1 aromatic heterocycles. The molecule has 1 aliphatic heterocycles. The smallest absolute Gasteiger partial charge is 0.146 e. The van der Waals surface area contributed by atoms with Crippen molar-refractivity contribution in [2.75, 3.05) is 25.0 Å². The van der Waals surface area contributed by atoms with E-state index in [2.05, 4.69) is 29.3 Å². The lowest BCUT2D eigenvalue weighted by molar-refractivity contribution is 0.304. The van der Waals surface area contributed by atoms with Gasteiger partial charge >= 0.3 is 0 Å². The summed E-state index contributed by atoms with van der Waals surface area (Å²) in [5.74, 6) is 0.909. The van der Waals surface area contributed by atoms with Crippen molar-refractivity contribution in [3.8, 4) is 6.07 Å². The maximum Gasteiger partial charge on any atom is 0.146 e. The molecule has 0 atom stereocenters. The molecule has 0 amide bonds. The lowest BCUT2D eigenvalue weighted by Crippen LogP contribution is -2.50. The Morgan fingerprint density at radius 1 is 1.35 bits per heavy atom. The summed E-state index contributed by atoms with van der Waals surface area (Å²) in [5.41, 5.74) is 3.46. The first kappa shape index (κ1) is 13.4. The summed E-state index contributed by atoms with van der Waals surface area (Å²) in [6.07, 6.45) is 5.50. The zero-order valence-corrected chi connectivity index (χ0v) is 12.4. The molecule has 0 aromatic carbocycles. The minimum atomic E-state index is 0.222. The van der Waals surface area contributed by atoms with E-state index in [0.29, 0.717) is 0 Å². The van der Waals surface area contributed by atoms with E-state index in [1.807, 2.05) is 7.05 Å². The number of fused-ring (bicyclic) bond motifs is 1. The van der Waals surface area contributed by atoms with Crippen LogP contribution in [0.3, 0.4) is 0 Å². The lowest BCUT2D eigenvalue weighted by atomic mass is 9.90. The van der Waals surface area contributed by atoms with Gasteiger partial charge in [0.15, 0.2) is 0 Å². The molecule has 4 nitrogen and oxygen atoms in total. The standard InChI is InChI=1S/C16H22N4/c1-16(18-2)6-8-20(9-7-16)15-13(11-17)10-12-4-3-5-14(12)19-15/h10,18H,3-9H2,1-2H3. The Morgan fingerprint density at radius 3 is 2.75 bits per heavy atom. The molecule has 0 unspecified atom stereocenters. The number of rotatable bonds is 2. The Hall–Kier alpha value is -1.60. The van der Waals surface area contributed by atoms with Gasteiger partial charge in [-0.25, -0.2) is 4.98 Å². The van der Waals surface area contributed by atoms with Crippen molar-refractivity contribution in [2.24, 2.45) is 0 Å². The van der Waals surface area contributed by atoms with Crippen molar-refractivity contribution >= 4 is 5.82 Å². The van der Waals surface area contributed by atoms with Crippen LogP contribution in [0, 0.1) is 11.3 Å². The van der Waals surface area contributed by atoms with E-state index in [9.17, 15) is 5.26 Å². The number of anilines is 1. The maximum absolute atomic E-state index is 9.40. The molecule has 1 aromatic rings. The maximum atomic E-state index is 9.40. The number of nitriles is 1. The molecular weight excluding hydrogens is 248 g/mol. The van der Waals surface area contributed by atoms with Crippen molar-refractivity contribution < 1.29 is 0 Å². The van der Waals surface area contributed by atoms with Crippen LogP contribution in [0.25, 0.3) is 0 Å². The molecule has 0 bridgehead atoms. The third-order valence-electron chi connectivity index (χ3n) is 4.92.